The Bertz CT molecular complexity index is 346. The van der Waals surface area contributed by atoms with Crippen molar-refractivity contribution in [2.24, 2.45) is 17.3 Å². The standard InChI is InChI=1S/C18H29F/c1-14-6-5-7-15(17(19)12-14)13-18-10-4-2-3-8-16(18)9-11-18/h13-14,16-17H,2-12H2,1H3/b15-13+/t14?,16?,17-,18+/m0/s1. The van der Waals surface area contributed by atoms with Crippen molar-refractivity contribution in [1.82, 2.24) is 0 Å². The number of rotatable bonds is 1. The van der Waals surface area contributed by atoms with Gasteiger partial charge in [0.15, 0.2) is 0 Å². The molecule has 1 heteroatoms. The molecule has 0 aromatic rings. The van der Waals surface area contributed by atoms with Gasteiger partial charge in [-0.3, -0.25) is 0 Å². The summed E-state index contributed by atoms with van der Waals surface area (Å²) in [5, 5.41) is 0. The summed E-state index contributed by atoms with van der Waals surface area (Å²) >= 11 is 0. The van der Waals surface area contributed by atoms with E-state index < -0.39 is 6.17 Å². The SMILES string of the molecule is CC1CCC/C(=C\[C@]23CCCCCC2CC3)[C@@H](F)C1. The number of hydrogen-bond donors (Lipinski definition) is 0. The highest BCUT2D eigenvalue weighted by Gasteiger charge is 2.45. The van der Waals surface area contributed by atoms with Crippen LogP contribution in [0.2, 0.25) is 0 Å². The highest BCUT2D eigenvalue weighted by molar-refractivity contribution is 5.19. The maximum absolute atomic E-state index is 14.5. The fourth-order valence-electron chi connectivity index (χ4n) is 4.73. The summed E-state index contributed by atoms with van der Waals surface area (Å²) in [4.78, 5) is 0. The summed E-state index contributed by atoms with van der Waals surface area (Å²) in [5.41, 5.74) is 1.60. The maximum Gasteiger partial charge on any atom is 0.121 e. The lowest BCUT2D eigenvalue weighted by Crippen LogP contribution is -2.38. The smallest absolute Gasteiger partial charge is 0.121 e. The summed E-state index contributed by atoms with van der Waals surface area (Å²) in [5.74, 6) is 1.46. The maximum atomic E-state index is 14.5. The first-order valence-electron chi connectivity index (χ1n) is 8.55. The van der Waals surface area contributed by atoms with Crippen molar-refractivity contribution < 1.29 is 4.39 Å². The van der Waals surface area contributed by atoms with Crippen molar-refractivity contribution >= 4 is 0 Å². The largest absolute Gasteiger partial charge is 0.243 e. The number of fused-ring (bicyclic) bond motifs is 1. The van der Waals surface area contributed by atoms with Crippen LogP contribution in [0.1, 0.15) is 77.6 Å². The molecule has 0 radical (unpaired) electrons. The average molecular weight is 264 g/mol. The van der Waals surface area contributed by atoms with Crippen molar-refractivity contribution in [2.45, 2.75) is 83.7 Å². The van der Waals surface area contributed by atoms with E-state index in [4.69, 9.17) is 0 Å². The number of halogens is 1. The molecule has 0 spiro atoms. The average Bonchev–Trinajstić information content (AvgIpc) is 2.59. The zero-order chi connectivity index (χ0) is 13.3. The van der Waals surface area contributed by atoms with Gasteiger partial charge in [-0.15, -0.1) is 0 Å². The third kappa shape index (κ3) is 2.76. The second kappa shape index (κ2) is 5.58. The minimum Gasteiger partial charge on any atom is -0.243 e. The Morgan fingerprint density at radius 1 is 1.05 bits per heavy atom. The highest BCUT2D eigenvalue weighted by Crippen LogP contribution is 2.56. The topological polar surface area (TPSA) is 0 Å². The highest BCUT2D eigenvalue weighted by atomic mass is 19.1. The van der Waals surface area contributed by atoms with E-state index in [-0.39, 0.29) is 0 Å². The summed E-state index contributed by atoms with van der Waals surface area (Å²) in [6, 6.07) is 0. The molecule has 3 rings (SSSR count). The summed E-state index contributed by atoms with van der Waals surface area (Å²) in [6.07, 6.45) is 15.7. The Balaban J connectivity index is 1.78. The fourth-order valence-corrected chi connectivity index (χ4v) is 4.73. The molecule has 0 heterocycles. The van der Waals surface area contributed by atoms with Crippen LogP contribution in [0, 0.1) is 17.3 Å². The molecule has 3 saturated carbocycles. The van der Waals surface area contributed by atoms with E-state index in [0.717, 1.165) is 18.8 Å². The van der Waals surface area contributed by atoms with Crippen molar-refractivity contribution in [3.63, 3.8) is 0 Å². The van der Waals surface area contributed by atoms with Gasteiger partial charge in [-0.05, 0) is 67.8 Å². The van der Waals surface area contributed by atoms with E-state index in [1.165, 1.54) is 63.4 Å². The molecule has 108 valence electrons. The van der Waals surface area contributed by atoms with Gasteiger partial charge in [-0.2, -0.15) is 0 Å². The molecule has 3 fully saturated rings. The first-order chi connectivity index (χ1) is 9.20. The number of hydrogen-bond acceptors (Lipinski definition) is 0. The first-order valence-corrected chi connectivity index (χ1v) is 8.55. The normalized spacial score (nSPS) is 46.0. The zero-order valence-corrected chi connectivity index (χ0v) is 12.5. The van der Waals surface area contributed by atoms with Crippen LogP contribution in [-0.4, -0.2) is 6.17 Å². The Morgan fingerprint density at radius 3 is 2.74 bits per heavy atom. The molecule has 3 aliphatic rings. The van der Waals surface area contributed by atoms with Crippen molar-refractivity contribution in [1.29, 1.82) is 0 Å². The second-order valence-electron chi connectivity index (χ2n) is 7.49. The molecular weight excluding hydrogens is 235 g/mol. The van der Waals surface area contributed by atoms with E-state index in [9.17, 15) is 4.39 Å². The summed E-state index contributed by atoms with van der Waals surface area (Å²) in [6.45, 7) is 2.21. The van der Waals surface area contributed by atoms with E-state index in [0.29, 0.717) is 11.3 Å². The van der Waals surface area contributed by atoms with E-state index in [1.54, 1.807) is 0 Å². The van der Waals surface area contributed by atoms with Crippen LogP contribution in [0.25, 0.3) is 0 Å². The van der Waals surface area contributed by atoms with Gasteiger partial charge in [0.2, 0.25) is 0 Å². The van der Waals surface area contributed by atoms with Crippen LogP contribution >= 0.6 is 0 Å². The predicted molar refractivity (Wildman–Crippen MR) is 78.9 cm³/mol. The van der Waals surface area contributed by atoms with Crippen LogP contribution in [0.4, 0.5) is 4.39 Å². The van der Waals surface area contributed by atoms with E-state index in [1.807, 2.05) is 0 Å². The van der Waals surface area contributed by atoms with Crippen molar-refractivity contribution in [3.05, 3.63) is 11.6 Å². The number of alkyl halides is 1. The van der Waals surface area contributed by atoms with Crippen LogP contribution in [0.3, 0.4) is 0 Å². The molecule has 0 aromatic heterocycles. The van der Waals surface area contributed by atoms with E-state index >= 15 is 0 Å². The summed E-state index contributed by atoms with van der Waals surface area (Å²) < 4.78 is 14.5. The molecular formula is C18H29F. The van der Waals surface area contributed by atoms with Gasteiger partial charge in [0.05, 0.1) is 0 Å². The van der Waals surface area contributed by atoms with Gasteiger partial charge in [0, 0.05) is 0 Å². The Hall–Kier alpha value is -0.330. The predicted octanol–water partition coefficient (Wildman–Crippen LogP) is 5.82. The molecule has 0 aromatic carbocycles. The quantitative estimate of drug-likeness (QED) is 0.413. The molecule has 0 N–H and O–H groups in total. The first kappa shape index (κ1) is 13.6. The van der Waals surface area contributed by atoms with Gasteiger partial charge >= 0.3 is 0 Å². The molecule has 4 atom stereocenters. The van der Waals surface area contributed by atoms with Gasteiger partial charge < -0.3 is 0 Å². The lowest BCUT2D eigenvalue weighted by Gasteiger charge is -2.48. The molecule has 0 amide bonds. The molecule has 0 nitrogen and oxygen atoms in total. The third-order valence-electron chi connectivity index (χ3n) is 6.11. The molecule has 19 heavy (non-hydrogen) atoms. The van der Waals surface area contributed by atoms with Crippen molar-refractivity contribution in [2.75, 3.05) is 0 Å². The van der Waals surface area contributed by atoms with Crippen LogP contribution < -0.4 is 0 Å². The monoisotopic (exact) mass is 264 g/mol. The molecule has 2 unspecified atom stereocenters. The molecule has 0 bridgehead atoms. The van der Waals surface area contributed by atoms with Crippen LogP contribution in [0.15, 0.2) is 11.6 Å². The Labute approximate surface area is 117 Å². The molecule has 0 aliphatic heterocycles. The van der Waals surface area contributed by atoms with Gasteiger partial charge in [0.25, 0.3) is 0 Å². The van der Waals surface area contributed by atoms with E-state index in [2.05, 4.69) is 13.0 Å². The number of allylic oxidation sites excluding steroid dienone is 2. The lowest BCUT2D eigenvalue weighted by atomic mass is 9.57. The Morgan fingerprint density at radius 2 is 1.95 bits per heavy atom. The van der Waals surface area contributed by atoms with Gasteiger partial charge in [-0.1, -0.05) is 38.7 Å². The minimum absolute atomic E-state index is 0.420. The van der Waals surface area contributed by atoms with Gasteiger partial charge in [0.1, 0.15) is 6.17 Å². The molecule has 3 aliphatic carbocycles. The Kier molecular flexibility index (Phi) is 4.01. The summed E-state index contributed by atoms with van der Waals surface area (Å²) in [7, 11) is 0. The van der Waals surface area contributed by atoms with Gasteiger partial charge in [-0.25, -0.2) is 4.39 Å². The van der Waals surface area contributed by atoms with Crippen LogP contribution in [-0.2, 0) is 0 Å². The molecule has 0 saturated heterocycles. The third-order valence-corrected chi connectivity index (χ3v) is 6.11. The second-order valence-corrected chi connectivity index (χ2v) is 7.49. The van der Waals surface area contributed by atoms with Crippen LogP contribution in [0.5, 0.6) is 0 Å². The fraction of sp³-hybridized carbons (Fsp3) is 0.889. The van der Waals surface area contributed by atoms with Crippen molar-refractivity contribution in [3.8, 4) is 0 Å². The lowest BCUT2D eigenvalue weighted by molar-refractivity contribution is 0.0737. The zero-order valence-electron chi connectivity index (χ0n) is 12.5. The minimum atomic E-state index is -0.642.